The zero-order valence-electron chi connectivity index (χ0n) is 21.4. The molecule has 1 aliphatic carbocycles. The van der Waals surface area contributed by atoms with Crippen LogP contribution >= 0.6 is 11.6 Å². The van der Waals surface area contributed by atoms with Crippen LogP contribution in [0, 0.1) is 11.8 Å². The van der Waals surface area contributed by atoms with Crippen LogP contribution in [0.5, 0.6) is 0 Å². The molecule has 8 rings (SSSR count). The van der Waals surface area contributed by atoms with E-state index in [0.717, 1.165) is 39.5 Å². The summed E-state index contributed by atoms with van der Waals surface area (Å²) in [6, 6.07) is 10.2. The highest BCUT2D eigenvalue weighted by Gasteiger charge is 2.60. The molecule has 5 N–H and O–H groups in total. The minimum Gasteiger partial charge on any atom is -0.382 e. The van der Waals surface area contributed by atoms with Crippen molar-refractivity contribution < 1.29 is 18.3 Å². The molecule has 3 aliphatic rings. The number of piperidine rings is 1. The average Bonchev–Trinajstić information content (AvgIpc) is 3.37. The Bertz CT molecular complexity index is 1960. The normalized spacial score (nSPS) is 23.1. The van der Waals surface area contributed by atoms with Gasteiger partial charge < -0.3 is 20.7 Å². The van der Waals surface area contributed by atoms with Crippen molar-refractivity contribution in [1.29, 1.82) is 0 Å². The van der Waals surface area contributed by atoms with Gasteiger partial charge in [-0.2, -0.15) is 18.3 Å². The van der Waals surface area contributed by atoms with E-state index < -0.39 is 18.1 Å². The lowest BCUT2D eigenvalue weighted by Crippen LogP contribution is -2.41. The minimum atomic E-state index is -4.64. The lowest BCUT2D eigenvalue weighted by atomic mass is 10.1. The molecule has 2 aliphatic heterocycles. The third-order valence-corrected chi connectivity index (χ3v) is 8.25. The molecule has 42 heavy (non-hydrogen) atoms. The Hall–Kier alpha value is -4.69. The second kappa shape index (κ2) is 8.66. The standard InChI is InChI=1S/C27H20ClF3N10O/c28-12-2-4-20(40-10-21(37-39-40)27(29,30)31)16(6-12)17-8-22(42)41-23(14-7-15(14)26(41)35-17)25-33-9-19(34-25)11-1-3-13-18(5-11)36-38-24(13)32/h1-6,8-10,14-15,22-23,42H,7H2,(H,33,34)(H3,32,36,38). The summed E-state index contributed by atoms with van der Waals surface area (Å²) in [5, 5.41) is 26.5. The summed E-state index contributed by atoms with van der Waals surface area (Å²) in [6.45, 7) is 0. The molecule has 2 fully saturated rings. The van der Waals surface area contributed by atoms with Crippen LogP contribution in [-0.4, -0.2) is 57.2 Å². The number of rotatable bonds is 4. The van der Waals surface area contributed by atoms with Gasteiger partial charge in [0.15, 0.2) is 11.5 Å². The number of alkyl halides is 3. The van der Waals surface area contributed by atoms with Crippen molar-refractivity contribution in [3.05, 3.63) is 77.0 Å². The Labute approximate surface area is 239 Å². The van der Waals surface area contributed by atoms with E-state index >= 15 is 0 Å². The maximum absolute atomic E-state index is 13.2. The Morgan fingerprint density at radius 2 is 2.00 bits per heavy atom. The number of aliphatic hydroxyl groups excluding tert-OH is 1. The Balaban J connectivity index is 1.12. The Morgan fingerprint density at radius 1 is 1.14 bits per heavy atom. The number of hydrogen-bond acceptors (Lipinski definition) is 8. The summed E-state index contributed by atoms with van der Waals surface area (Å²) in [5.41, 5.74) is 8.39. The zero-order chi connectivity index (χ0) is 28.9. The fourth-order valence-electron chi connectivity index (χ4n) is 5.97. The summed E-state index contributed by atoms with van der Waals surface area (Å²) in [6.07, 6.45) is -0.712. The molecule has 11 nitrogen and oxygen atoms in total. The van der Waals surface area contributed by atoms with E-state index in [1.54, 1.807) is 30.5 Å². The number of H-pyrrole nitrogens is 2. The molecule has 4 atom stereocenters. The number of fused-ring (bicyclic) bond motifs is 4. The van der Waals surface area contributed by atoms with Crippen LogP contribution in [0.25, 0.3) is 33.5 Å². The predicted octanol–water partition coefficient (Wildman–Crippen LogP) is 4.55. The topological polar surface area (TPSA) is 150 Å². The molecule has 15 heteroatoms. The van der Waals surface area contributed by atoms with Crippen molar-refractivity contribution in [2.24, 2.45) is 16.8 Å². The number of nitrogens with zero attached hydrogens (tertiary/aromatic N) is 7. The summed E-state index contributed by atoms with van der Waals surface area (Å²) in [4.78, 5) is 14.8. The SMILES string of the molecule is Nc1n[nH]c2cc(-c3cnc(C4C5CC5C5=NC(c6cc(Cl)ccc6-n6cc(C(F)(F)F)nn6)=CC(O)N54)[nH]3)ccc12. The molecule has 0 amide bonds. The quantitative estimate of drug-likeness (QED) is 0.239. The number of nitrogen functional groups attached to an aromatic ring is 1. The van der Waals surface area contributed by atoms with E-state index in [4.69, 9.17) is 22.3 Å². The molecule has 5 aromatic rings. The lowest BCUT2D eigenvalue weighted by molar-refractivity contribution is -0.141. The van der Waals surface area contributed by atoms with Gasteiger partial charge in [0.25, 0.3) is 0 Å². The maximum Gasteiger partial charge on any atom is 0.436 e. The van der Waals surface area contributed by atoms with Crippen LogP contribution in [0.1, 0.15) is 29.5 Å². The first-order valence-corrected chi connectivity index (χ1v) is 13.4. The van der Waals surface area contributed by atoms with E-state index in [0.29, 0.717) is 39.4 Å². The molecule has 2 aromatic carbocycles. The number of imidazole rings is 1. The zero-order valence-corrected chi connectivity index (χ0v) is 22.1. The van der Waals surface area contributed by atoms with Crippen LogP contribution in [0.4, 0.5) is 19.0 Å². The molecule has 212 valence electrons. The molecule has 3 aromatic heterocycles. The number of anilines is 1. The van der Waals surface area contributed by atoms with Gasteiger partial charge in [0.2, 0.25) is 0 Å². The molecule has 1 saturated heterocycles. The molecule has 5 heterocycles. The maximum atomic E-state index is 13.2. The average molecular weight is 593 g/mol. The van der Waals surface area contributed by atoms with Crippen molar-refractivity contribution in [2.45, 2.75) is 24.9 Å². The fourth-order valence-corrected chi connectivity index (χ4v) is 6.15. The second-order valence-electron chi connectivity index (χ2n) is 10.6. The number of halogens is 4. The van der Waals surface area contributed by atoms with Crippen LogP contribution in [0.15, 0.2) is 59.9 Å². The van der Waals surface area contributed by atoms with E-state index in [-0.39, 0.29) is 17.9 Å². The summed E-state index contributed by atoms with van der Waals surface area (Å²) in [7, 11) is 0. The monoisotopic (exact) mass is 592 g/mol. The first-order chi connectivity index (χ1) is 20.2. The van der Waals surface area contributed by atoms with Crippen molar-refractivity contribution in [3.63, 3.8) is 0 Å². The number of amidine groups is 1. The van der Waals surface area contributed by atoms with Crippen molar-refractivity contribution in [2.75, 3.05) is 5.73 Å². The molecule has 0 bridgehead atoms. The first kappa shape index (κ1) is 25.1. The van der Waals surface area contributed by atoms with Crippen LogP contribution in [0.2, 0.25) is 5.02 Å². The van der Waals surface area contributed by atoms with E-state index in [9.17, 15) is 18.3 Å². The highest BCUT2D eigenvalue weighted by molar-refractivity contribution is 6.30. The summed E-state index contributed by atoms with van der Waals surface area (Å²) >= 11 is 6.28. The molecule has 0 spiro atoms. The van der Waals surface area contributed by atoms with Gasteiger partial charge in [-0.3, -0.25) is 5.10 Å². The minimum absolute atomic E-state index is 0.108. The van der Waals surface area contributed by atoms with Gasteiger partial charge in [-0.25, -0.2) is 14.7 Å². The van der Waals surface area contributed by atoms with Crippen LogP contribution < -0.4 is 5.73 Å². The van der Waals surface area contributed by atoms with Gasteiger partial charge in [-0.05, 0) is 48.7 Å². The first-order valence-electron chi connectivity index (χ1n) is 13.0. The van der Waals surface area contributed by atoms with Gasteiger partial charge >= 0.3 is 6.18 Å². The summed E-state index contributed by atoms with van der Waals surface area (Å²) < 4.78 is 40.6. The number of aliphatic hydroxyl groups is 1. The third-order valence-electron chi connectivity index (χ3n) is 8.01. The van der Waals surface area contributed by atoms with E-state index in [1.165, 1.54) is 0 Å². The number of hydrogen-bond donors (Lipinski definition) is 4. The number of aliphatic imine (C=N–C) groups is 1. The van der Waals surface area contributed by atoms with E-state index in [1.807, 2.05) is 23.1 Å². The Morgan fingerprint density at radius 3 is 2.81 bits per heavy atom. The molecular formula is C27H20ClF3N10O. The van der Waals surface area contributed by atoms with Crippen LogP contribution in [0.3, 0.4) is 0 Å². The van der Waals surface area contributed by atoms with Gasteiger partial charge in [0.1, 0.15) is 17.9 Å². The number of nitrogens with two attached hydrogens (primary N) is 1. The highest BCUT2D eigenvalue weighted by atomic mass is 35.5. The Kier molecular flexibility index (Phi) is 5.16. The molecular weight excluding hydrogens is 573 g/mol. The number of aromatic amines is 2. The van der Waals surface area contributed by atoms with Gasteiger partial charge in [0.05, 0.1) is 41.0 Å². The van der Waals surface area contributed by atoms with Crippen molar-refractivity contribution in [1.82, 2.24) is 40.1 Å². The molecule has 4 unspecified atom stereocenters. The van der Waals surface area contributed by atoms with Crippen molar-refractivity contribution in [3.8, 4) is 16.9 Å². The number of benzene rings is 2. The van der Waals surface area contributed by atoms with E-state index in [2.05, 4.69) is 30.5 Å². The predicted molar refractivity (Wildman–Crippen MR) is 147 cm³/mol. The molecule has 1 saturated carbocycles. The van der Waals surface area contributed by atoms with Gasteiger partial charge in [-0.1, -0.05) is 22.9 Å². The number of aromatic nitrogens is 7. The highest BCUT2D eigenvalue weighted by Crippen LogP contribution is 2.59. The lowest BCUT2D eigenvalue weighted by Gasteiger charge is -2.34. The molecule has 0 radical (unpaired) electrons. The van der Waals surface area contributed by atoms with Crippen molar-refractivity contribution >= 4 is 39.9 Å². The number of nitrogens with one attached hydrogen (secondary N) is 2. The largest absolute Gasteiger partial charge is 0.436 e. The summed E-state index contributed by atoms with van der Waals surface area (Å²) in [5.74, 6) is 2.14. The van der Waals surface area contributed by atoms with Gasteiger partial charge in [-0.15, -0.1) is 5.10 Å². The third kappa shape index (κ3) is 3.82. The smallest absolute Gasteiger partial charge is 0.382 e. The fraction of sp³-hybridized carbons (Fsp3) is 0.222. The van der Waals surface area contributed by atoms with Crippen LogP contribution in [-0.2, 0) is 6.18 Å². The van der Waals surface area contributed by atoms with Gasteiger partial charge in [0, 0.05) is 27.5 Å². The second-order valence-corrected chi connectivity index (χ2v) is 11.0.